The lowest BCUT2D eigenvalue weighted by Crippen LogP contribution is -2.80. The van der Waals surface area contributed by atoms with E-state index in [0.29, 0.717) is 10.0 Å². The van der Waals surface area contributed by atoms with Gasteiger partial charge in [0, 0.05) is 5.56 Å². The van der Waals surface area contributed by atoms with Gasteiger partial charge in [0.2, 0.25) is 0 Å². The van der Waals surface area contributed by atoms with Gasteiger partial charge < -0.3 is 5.32 Å². The van der Waals surface area contributed by atoms with E-state index in [2.05, 4.69) is 22.8 Å². The van der Waals surface area contributed by atoms with Crippen molar-refractivity contribution in [3.63, 3.8) is 0 Å². The maximum absolute atomic E-state index is 5.95. The van der Waals surface area contributed by atoms with Crippen molar-refractivity contribution >= 4 is 34.5 Å². The van der Waals surface area contributed by atoms with E-state index >= 15 is 0 Å². The fourth-order valence-electron chi connectivity index (χ4n) is 1.48. The highest BCUT2D eigenvalue weighted by Crippen LogP contribution is 2.22. The Balaban J connectivity index is 1.87. The largest absolute Gasteiger partial charge is 0.338 e. The summed E-state index contributed by atoms with van der Waals surface area (Å²) in [6.45, 7) is 1.94. The first-order chi connectivity index (χ1) is 7.75. The van der Waals surface area contributed by atoms with Crippen molar-refractivity contribution in [1.82, 2.24) is 0 Å². The second kappa shape index (κ2) is 5.69. The number of hydrogen-bond donors (Lipinski definition) is 1. The zero-order valence-corrected chi connectivity index (χ0v) is 10.9. The molecule has 0 saturated carbocycles. The van der Waals surface area contributed by atoms with E-state index in [9.17, 15) is 0 Å². The van der Waals surface area contributed by atoms with E-state index in [0.717, 1.165) is 13.1 Å². The maximum Gasteiger partial charge on any atom is 0.111 e. The van der Waals surface area contributed by atoms with Gasteiger partial charge in [-0.05, 0) is 23.6 Å². The standard InChI is InChI=1S/C12H11Cl2NS/c13-11-4-3-9(6-12(11)14)7-15-8-10-2-1-5-16-10/h1-6,15H,7-8H2/p+1. The number of halogens is 2. The first kappa shape index (κ1) is 11.9. The van der Waals surface area contributed by atoms with Gasteiger partial charge in [-0.1, -0.05) is 35.3 Å². The molecule has 0 atom stereocenters. The monoisotopic (exact) mass is 272 g/mol. The molecule has 0 saturated heterocycles. The first-order valence-electron chi connectivity index (χ1n) is 5.03. The summed E-state index contributed by atoms with van der Waals surface area (Å²) in [5.74, 6) is 0. The third kappa shape index (κ3) is 3.22. The molecular formula is C12H12Cl2NS+. The second-order valence-corrected chi connectivity index (χ2v) is 5.37. The van der Waals surface area contributed by atoms with Crippen LogP contribution in [0.3, 0.4) is 0 Å². The third-order valence-corrected chi connectivity index (χ3v) is 3.93. The predicted molar refractivity (Wildman–Crippen MR) is 70.1 cm³/mol. The van der Waals surface area contributed by atoms with Crippen LogP contribution in [0.4, 0.5) is 0 Å². The Morgan fingerprint density at radius 3 is 2.62 bits per heavy atom. The number of nitrogens with two attached hydrogens (primary N) is 1. The minimum atomic E-state index is 0.615. The molecule has 84 valence electrons. The van der Waals surface area contributed by atoms with Crippen LogP contribution < -0.4 is 5.32 Å². The van der Waals surface area contributed by atoms with Gasteiger partial charge in [0.05, 0.1) is 14.9 Å². The van der Waals surface area contributed by atoms with Crippen LogP contribution in [0.2, 0.25) is 10.0 Å². The Kier molecular flexibility index (Phi) is 4.24. The highest BCUT2D eigenvalue weighted by molar-refractivity contribution is 7.09. The van der Waals surface area contributed by atoms with Crippen LogP contribution in [0.15, 0.2) is 35.7 Å². The summed E-state index contributed by atoms with van der Waals surface area (Å²) in [7, 11) is 0. The minimum Gasteiger partial charge on any atom is -0.338 e. The SMILES string of the molecule is Clc1ccc(C[NH2+]Cc2cccs2)cc1Cl. The van der Waals surface area contributed by atoms with Gasteiger partial charge in [-0.15, -0.1) is 11.3 Å². The van der Waals surface area contributed by atoms with Crippen molar-refractivity contribution in [2.24, 2.45) is 0 Å². The van der Waals surface area contributed by atoms with Crippen molar-refractivity contribution in [1.29, 1.82) is 0 Å². The van der Waals surface area contributed by atoms with Gasteiger partial charge in [-0.3, -0.25) is 0 Å². The summed E-state index contributed by atoms with van der Waals surface area (Å²) in [4.78, 5) is 1.39. The molecular weight excluding hydrogens is 261 g/mol. The molecule has 0 aliphatic heterocycles. The molecule has 0 spiro atoms. The highest BCUT2D eigenvalue weighted by Gasteiger charge is 2.01. The van der Waals surface area contributed by atoms with E-state index < -0.39 is 0 Å². The van der Waals surface area contributed by atoms with Crippen molar-refractivity contribution in [3.8, 4) is 0 Å². The van der Waals surface area contributed by atoms with Gasteiger partial charge in [-0.2, -0.15) is 0 Å². The summed E-state index contributed by atoms with van der Waals surface area (Å²) in [6, 6.07) is 10.0. The zero-order chi connectivity index (χ0) is 11.4. The van der Waals surface area contributed by atoms with Gasteiger partial charge in [-0.25, -0.2) is 0 Å². The molecule has 2 aromatic rings. The van der Waals surface area contributed by atoms with E-state index in [-0.39, 0.29) is 0 Å². The minimum absolute atomic E-state index is 0.615. The number of hydrogen-bond acceptors (Lipinski definition) is 1. The van der Waals surface area contributed by atoms with Crippen molar-refractivity contribution in [2.45, 2.75) is 13.1 Å². The second-order valence-electron chi connectivity index (χ2n) is 3.52. The van der Waals surface area contributed by atoms with Gasteiger partial charge in [0.1, 0.15) is 13.1 Å². The van der Waals surface area contributed by atoms with E-state index in [1.807, 2.05) is 18.2 Å². The topological polar surface area (TPSA) is 16.6 Å². The summed E-state index contributed by atoms with van der Waals surface area (Å²) < 4.78 is 0. The normalized spacial score (nSPS) is 10.6. The van der Waals surface area contributed by atoms with Crippen molar-refractivity contribution < 1.29 is 5.32 Å². The number of quaternary nitrogens is 1. The summed E-state index contributed by atoms with van der Waals surface area (Å²) in [5.41, 5.74) is 1.20. The smallest absolute Gasteiger partial charge is 0.111 e. The molecule has 2 rings (SSSR count). The Morgan fingerprint density at radius 2 is 1.94 bits per heavy atom. The molecule has 0 unspecified atom stereocenters. The maximum atomic E-state index is 5.95. The van der Waals surface area contributed by atoms with Crippen LogP contribution in [-0.2, 0) is 13.1 Å². The average Bonchev–Trinajstić information content (AvgIpc) is 2.76. The fraction of sp³-hybridized carbons (Fsp3) is 0.167. The van der Waals surface area contributed by atoms with E-state index in [4.69, 9.17) is 23.2 Å². The molecule has 0 radical (unpaired) electrons. The number of benzene rings is 1. The molecule has 0 aliphatic carbocycles. The molecule has 0 amide bonds. The molecule has 1 aromatic heterocycles. The zero-order valence-electron chi connectivity index (χ0n) is 8.62. The summed E-state index contributed by atoms with van der Waals surface area (Å²) in [6.07, 6.45) is 0. The Labute approximate surface area is 109 Å². The van der Waals surface area contributed by atoms with Crippen LogP contribution in [-0.4, -0.2) is 0 Å². The molecule has 0 bridgehead atoms. The lowest BCUT2D eigenvalue weighted by atomic mass is 10.2. The van der Waals surface area contributed by atoms with Gasteiger partial charge in [0.25, 0.3) is 0 Å². The fourth-order valence-corrected chi connectivity index (χ4v) is 2.50. The number of rotatable bonds is 4. The highest BCUT2D eigenvalue weighted by atomic mass is 35.5. The Bertz CT molecular complexity index is 454. The van der Waals surface area contributed by atoms with Crippen LogP contribution in [0.25, 0.3) is 0 Å². The van der Waals surface area contributed by atoms with Crippen LogP contribution in [0.1, 0.15) is 10.4 Å². The molecule has 1 heterocycles. The quantitative estimate of drug-likeness (QED) is 0.880. The summed E-state index contributed by atoms with van der Waals surface area (Å²) >= 11 is 13.6. The molecule has 2 N–H and O–H groups in total. The Morgan fingerprint density at radius 1 is 1.06 bits per heavy atom. The van der Waals surface area contributed by atoms with Crippen molar-refractivity contribution in [2.75, 3.05) is 0 Å². The molecule has 0 fully saturated rings. The predicted octanol–water partition coefficient (Wildman–Crippen LogP) is 3.32. The third-order valence-electron chi connectivity index (χ3n) is 2.29. The molecule has 0 aliphatic rings. The molecule has 4 heteroatoms. The van der Waals surface area contributed by atoms with Crippen LogP contribution >= 0.6 is 34.5 Å². The van der Waals surface area contributed by atoms with Crippen LogP contribution in [0, 0.1) is 0 Å². The lowest BCUT2D eigenvalue weighted by molar-refractivity contribution is -0.685. The molecule has 1 aromatic carbocycles. The first-order valence-corrected chi connectivity index (χ1v) is 6.67. The number of thiophene rings is 1. The van der Waals surface area contributed by atoms with Gasteiger partial charge in [0.15, 0.2) is 0 Å². The van der Waals surface area contributed by atoms with E-state index in [1.54, 1.807) is 11.3 Å². The van der Waals surface area contributed by atoms with Gasteiger partial charge >= 0.3 is 0 Å². The average molecular weight is 273 g/mol. The summed E-state index contributed by atoms with van der Waals surface area (Å²) in [5, 5.41) is 5.60. The van der Waals surface area contributed by atoms with E-state index in [1.165, 1.54) is 10.4 Å². The molecule has 1 nitrogen and oxygen atoms in total. The lowest BCUT2D eigenvalue weighted by Gasteiger charge is -2.02. The van der Waals surface area contributed by atoms with Crippen LogP contribution in [0.5, 0.6) is 0 Å². The Hall–Kier alpha value is -0.540. The van der Waals surface area contributed by atoms with Crippen molar-refractivity contribution in [3.05, 3.63) is 56.2 Å². The molecule has 16 heavy (non-hydrogen) atoms.